The summed E-state index contributed by atoms with van der Waals surface area (Å²) in [4.78, 5) is 0. The molecule has 2 unspecified atom stereocenters. The monoisotopic (exact) mass is 285 g/mol. The van der Waals surface area contributed by atoms with E-state index in [0.29, 0.717) is 0 Å². The van der Waals surface area contributed by atoms with E-state index in [1.807, 2.05) is 0 Å². The van der Waals surface area contributed by atoms with Gasteiger partial charge in [0.05, 0.1) is 0 Å². The Morgan fingerprint density at radius 2 is 1.53 bits per heavy atom. The molecule has 0 radical (unpaired) electrons. The Bertz CT molecular complexity index is 196. The zero-order valence-corrected chi connectivity index (χ0v) is 14.1. The highest BCUT2D eigenvalue weighted by Crippen LogP contribution is 2.27. The predicted molar refractivity (Wildman–Crippen MR) is 90.2 cm³/mol. The van der Waals surface area contributed by atoms with Gasteiger partial charge in [-0.2, -0.15) is 11.8 Å². The summed E-state index contributed by atoms with van der Waals surface area (Å²) in [5.41, 5.74) is 0. The fourth-order valence-corrected chi connectivity index (χ4v) is 4.12. The Hall–Kier alpha value is 0.310. The molecule has 1 fully saturated rings. The van der Waals surface area contributed by atoms with Crippen molar-refractivity contribution in [3.8, 4) is 0 Å². The first-order valence-corrected chi connectivity index (χ1v) is 9.93. The molecule has 0 spiro atoms. The van der Waals surface area contributed by atoms with Crippen LogP contribution in [-0.2, 0) is 0 Å². The summed E-state index contributed by atoms with van der Waals surface area (Å²) in [6.45, 7) is 3.54. The molecule has 1 nitrogen and oxygen atoms in total. The van der Waals surface area contributed by atoms with Crippen LogP contribution in [-0.4, -0.2) is 24.1 Å². The molecule has 0 saturated heterocycles. The van der Waals surface area contributed by atoms with Crippen molar-refractivity contribution in [1.82, 2.24) is 5.32 Å². The number of rotatable bonds is 11. The molecule has 2 atom stereocenters. The van der Waals surface area contributed by atoms with Crippen molar-refractivity contribution in [2.45, 2.75) is 95.3 Å². The molecule has 0 heterocycles. The molecule has 0 amide bonds. The molecule has 2 heteroatoms. The van der Waals surface area contributed by atoms with Crippen LogP contribution in [0.5, 0.6) is 0 Å². The molecule has 0 aromatic rings. The maximum absolute atomic E-state index is 3.81. The van der Waals surface area contributed by atoms with Crippen LogP contribution in [0.25, 0.3) is 0 Å². The van der Waals surface area contributed by atoms with Crippen LogP contribution in [0.4, 0.5) is 0 Å². The molecule has 114 valence electrons. The van der Waals surface area contributed by atoms with Crippen LogP contribution in [0.15, 0.2) is 0 Å². The number of hydrogen-bond donors (Lipinski definition) is 1. The van der Waals surface area contributed by atoms with Gasteiger partial charge in [-0.05, 0) is 32.1 Å². The first-order valence-electron chi connectivity index (χ1n) is 8.64. The van der Waals surface area contributed by atoms with Crippen LogP contribution < -0.4 is 5.32 Å². The highest BCUT2D eigenvalue weighted by atomic mass is 32.2. The van der Waals surface area contributed by atoms with E-state index in [4.69, 9.17) is 0 Å². The summed E-state index contributed by atoms with van der Waals surface area (Å²) in [7, 11) is 0. The van der Waals surface area contributed by atoms with E-state index in [9.17, 15) is 0 Å². The lowest BCUT2D eigenvalue weighted by atomic mass is 9.95. The average Bonchev–Trinajstić information content (AvgIpc) is 2.46. The summed E-state index contributed by atoms with van der Waals surface area (Å²) in [5.74, 6) is 0. The van der Waals surface area contributed by atoms with Crippen LogP contribution in [0.2, 0.25) is 0 Å². The zero-order chi connectivity index (χ0) is 13.8. The fraction of sp³-hybridized carbons (Fsp3) is 1.00. The van der Waals surface area contributed by atoms with E-state index in [0.717, 1.165) is 11.3 Å². The van der Waals surface area contributed by atoms with Gasteiger partial charge in [0.1, 0.15) is 0 Å². The van der Waals surface area contributed by atoms with Gasteiger partial charge in [0, 0.05) is 11.3 Å². The Morgan fingerprint density at radius 1 is 0.895 bits per heavy atom. The lowest BCUT2D eigenvalue weighted by Gasteiger charge is -2.31. The van der Waals surface area contributed by atoms with Crippen LogP contribution in [0, 0.1) is 0 Å². The quantitative estimate of drug-likeness (QED) is 0.511. The van der Waals surface area contributed by atoms with Gasteiger partial charge in [-0.3, -0.25) is 0 Å². The number of unbranched alkanes of at least 4 members (excludes halogenated alkanes) is 7. The molecule has 1 rings (SSSR count). The van der Waals surface area contributed by atoms with Crippen molar-refractivity contribution in [2.24, 2.45) is 0 Å². The van der Waals surface area contributed by atoms with E-state index in [1.54, 1.807) is 0 Å². The number of nitrogens with one attached hydrogen (secondary N) is 1. The van der Waals surface area contributed by atoms with Crippen molar-refractivity contribution >= 4 is 11.8 Å². The van der Waals surface area contributed by atoms with Gasteiger partial charge in [-0.25, -0.2) is 0 Å². The molecule has 0 aromatic heterocycles. The molecule has 0 aromatic carbocycles. The van der Waals surface area contributed by atoms with Crippen LogP contribution >= 0.6 is 11.8 Å². The first-order chi connectivity index (χ1) is 9.38. The molecule has 1 N–H and O–H groups in total. The van der Waals surface area contributed by atoms with E-state index in [2.05, 4.69) is 30.3 Å². The molecule has 1 aliphatic carbocycles. The maximum Gasteiger partial charge on any atom is 0.0198 e. The van der Waals surface area contributed by atoms with Gasteiger partial charge >= 0.3 is 0 Å². The second-order valence-electron chi connectivity index (χ2n) is 6.09. The molecule has 19 heavy (non-hydrogen) atoms. The predicted octanol–water partition coefficient (Wildman–Crippen LogP) is 5.39. The van der Waals surface area contributed by atoms with E-state index >= 15 is 0 Å². The third-order valence-electron chi connectivity index (χ3n) is 4.44. The highest BCUT2D eigenvalue weighted by molar-refractivity contribution is 7.99. The summed E-state index contributed by atoms with van der Waals surface area (Å²) in [5, 5.41) is 4.69. The minimum Gasteiger partial charge on any atom is -0.313 e. The van der Waals surface area contributed by atoms with Gasteiger partial charge in [0.25, 0.3) is 0 Å². The van der Waals surface area contributed by atoms with E-state index in [1.165, 1.54) is 83.6 Å². The maximum atomic E-state index is 3.81. The SMILES string of the molecule is CCCCCCCCCCNC1CCCCC1SC. The Balaban J connectivity index is 1.89. The average molecular weight is 286 g/mol. The van der Waals surface area contributed by atoms with Gasteiger partial charge < -0.3 is 5.32 Å². The van der Waals surface area contributed by atoms with Crippen molar-refractivity contribution in [3.63, 3.8) is 0 Å². The molecule has 1 saturated carbocycles. The summed E-state index contributed by atoms with van der Waals surface area (Å²) < 4.78 is 0. The topological polar surface area (TPSA) is 12.0 Å². The fourth-order valence-electron chi connectivity index (χ4n) is 3.16. The van der Waals surface area contributed by atoms with Gasteiger partial charge in [-0.15, -0.1) is 0 Å². The minimum atomic E-state index is 0.799. The van der Waals surface area contributed by atoms with Crippen LogP contribution in [0.1, 0.15) is 84.0 Å². The number of thioether (sulfide) groups is 1. The smallest absolute Gasteiger partial charge is 0.0198 e. The summed E-state index contributed by atoms with van der Waals surface area (Å²) in [6, 6.07) is 0.799. The van der Waals surface area contributed by atoms with Crippen molar-refractivity contribution < 1.29 is 0 Å². The van der Waals surface area contributed by atoms with Gasteiger partial charge in [0.2, 0.25) is 0 Å². The summed E-state index contributed by atoms with van der Waals surface area (Å²) in [6.07, 6.45) is 19.4. The van der Waals surface area contributed by atoms with E-state index < -0.39 is 0 Å². The summed E-state index contributed by atoms with van der Waals surface area (Å²) >= 11 is 2.07. The normalized spacial score (nSPS) is 23.7. The molecule has 0 aliphatic heterocycles. The molecule has 1 aliphatic rings. The second kappa shape index (κ2) is 12.1. The van der Waals surface area contributed by atoms with Crippen molar-refractivity contribution in [2.75, 3.05) is 12.8 Å². The third-order valence-corrected chi connectivity index (χ3v) is 5.61. The second-order valence-corrected chi connectivity index (χ2v) is 7.17. The molecular formula is C17H35NS. The lowest BCUT2D eigenvalue weighted by molar-refractivity contribution is 0.380. The Morgan fingerprint density at radius 3 is 2.21 bits per heavy atom. The third kappa shape index (κ3) is 8.24. The van der Waals surface area contributed by atoms with Crippen LogP contribution in [0.3, 0.4) is 0 Å². The molecular weight excluding hydrogens is 250 g/mol. The van der Waals surface area contributed by atoms with Crippen molar-refractivity contribution in [1.29, 1.82) is 0 Å². The standard InChI is InChI=1S/C17H35NS/c1-3-4-5-6-7-8-9-12-15-18-16-13-10-11-14-17(16)19-2/h16-18H,3-15H2,1-2H3. The highest BCUT2D eigenvalue weighted by Gasteiger charge is 2.23. The van der Waals surface area contributed by atoms with Gasteiger partial charge in [-0.1, -0.05) is 64.7 Å². The first kappa shape index (κ1) is 17.4. The Labute approximate surface area is 125 Å². The minimum absolute atomic E-state index is 0.799. The lowest BCUT2D eigenvalue weighted by Crippen LogP contribution is -2.40. The largest absolute Gasteiger partial charge is 0.313 e. The van der Waals surface area contributed by atoms with Gasteiger partial charge in [0.15, 0.2) is 0 Å². The molecule has 0 bridgehead atoms. The van der Waals surface area contributed by atoms with E-state index in [-0.39, 0.29) is 0 Å². The Kier molecular flexibility index (Phi) is 11.0. The number of hydrogen-bond acceptors (Lipinski definition) is 2. The zero-order valence-electron chi connectivity index (χ0n) is 13.3. The van der Waals surface area contributed by atoms with Crippen molar-refractivity contribution in [3.05, 3.63) is 0 Å².